The Morgan fingerprint density at radius 2 is 1.67 bits per heavy atom. The third-order valence-electron chi connectivity index (χ3n) is 5.72. The molecule has 2 atom stereocenters. The molecule has 2 unspecified atom stereocenters. The van der Waals surface area contributed by atoms with Crippen molar-refractivity contribution in [3.8, 4) is 0 Å². The number of hydrogen-bond donors (Lipinski definition) is 0. The summed E-state index contributed by atoms with van der Waals surface area (Å²) in [6.07, 6.45) is 1.90. The molecule has 2 fully saturated rings. The van der Waals surface area contributed by atoms with Crippen LogP contribution in [0.1, 0.15) is 59.9 Å². The Balaban J connectivity index is 0.00000155. The van der Waals surface area contributed by atoms with E-state index in [1.807, 2.05) is 39.5 Å². The van der Waals surface area contributed by atoms with E-state index in [1.54, 1.807) is 0 Å². The van der Waals surface area contributed by atoms with Gasteiger partial charge < -0.3 is 9.64 Å². The normalized spacial score (nSPS) is 23.5. The molecule has 0 radical (unpaired) electrons. The summed E-state index contributed by atoms with van der Waals surface area (Å²) >= 11 is 3.50. The highest BCUT2D eigenvalue weighted by molar-refractivity contribution is 9.10. The second-order valence-electron chi connectivity index (χ2n) is 9.14. The van der Waals surface area contributed by atoms with E-state index >= 15 is 0 Å². The van der Waals surface area contributed by atoms with Crippen molar-refractivity contribution < 1.29 is 9.53 Å². The summed E-state index contributed by atoms with van der Waals surface area (Å²) in [6.45, 7) is 18.2. The number of likely N-dealkylation sites (tertiary alicyclic amines) is 1. The number of carbonyl (C=O) groups is 1. The molecule has 5 nitrogen and oxygen atoms in total. The highest BCUT2D eigenvalue weighted by Crippen LogP contribution is 2.25. The van der Waals surface area contributed by atoms with Crippen molar-refractivity contribution in [1.82, 2.24) is 14.7 Å². The Morgan fingerprint density at radius 1 is 1.07 bits per heavy atom. The summed E-state index contributed by atoms with van der Waals surface area (Å²) in [5.41, 5.74) is 0.940. The Morgan fingerprint density at radius 3 is 2.20 bits per heavy atom. The van der Waals surface area contributed by atoms with E-state index in [-0.39, 0.29) is 12.1 Å². The number of ether oxygens (including phenoxy) is 1. The number of rotatable bonds is 3. The quantitative estimate of drug-likeness (QED) is 0.580. The minimum atomic E-state index is -0.432. The Labute approximate surface area is 191 Å². The van der Waals surface area contributed by atoms with Gasteiger partial charge in [0.15, 0.2) is 0 Å². The van der Waals surface area contributed by atoms with Crippen molar-refractivity contribution in [3.05, 3.63) is 34.3 Å². The van der Waals surface area contributed by atoms with Gasteiger partial charge in [0.25, 0.3) is 0 Å². The van der Waals surface area contributed by atoms with Crippen LogP contribution in [-0.4, -0.2) is 71.2 Å². The van der Waals surface area contributed by atoms with Crippen molar-refractivity contribution in [2.24, 2.45) is 0 Å². The van der Waals surface area contributed by atoms with Crippen molar-refractivity contribution >= 4 is 22.0 Å². The van der Waals surface area contributed by atoms with Gasteiger partial charge in [-0.25, -0.2) is 4.79 Å². The lowest BCUT2D eigenvalue weighted by molar-refractivity contribution is -0.00395. The van der Waals surface area contributed by atoms with Crippen LogP contribution in [0.15, 0.2) is 28.7 Å². The van der Waals surface area contributed by atoms with E-state index in [9.17, 15) is 4.79 Å². The summed E-state index contributed by atoms with van der Waals surface area (Å²) in [5.74, 6) is 0. The largest absolute Gasteiger partial charge is 0.444 e. The number of piperazine rings is 1. The molecule has 0 aliphatic carbocycles. The molecule has 2 aliphatic heterocycles. The van der Waals surface area contributed by atoms with Crippen LogP contribution in [-0.2, 0) is 11.3 Å². The van der Waals surface area contributed by atoms with E-state index in [2.05, 4.69) is 56.9 Å². The van der Waals surface area contributed by atoms with Crippen molar-refractivity contribution in [2.75, 3.05) is 32.7 Å². The SMILES string of the molecule is CC.CC1CC(N2CCN(Cc3ccc(Br)cc3)CC2)CCN1C(=O)OC(C)(C)C. The maximum atomic E-state index is 12.4. The molecular weight excluding hydrogens is 442 g/mol. The smallest absolute Gasteiger partial charge is 0.410 e. The monoisotopic (exact) mass is 481 g/mol. The second-order valence-corrected chi connectivity index (χ2v) is 10.1. The zero-order valence-corrected chi connectivity index (χ0v) is 21.2. The number of nitrogens with zero attached hydrogens (tertiary/aromatic N) is 3. The molecule has 0 saturated carbocycles. The van der Waals surface area contributed by atoms with Gasteiger partial charge in [-0.2, -0.15) is 0 Å². The van der Waals surface area contributed by atoms with Gasteiger partial charge in [0.2, 0.25) is 0 Å². The fraction of sp³-hybridized carbons (Fsp3) is 0.708. The van der Waals surface area contributed by atoms with Crippen LogP contribution in [0.2, 0.25) is 0 Å². The average molecular weight is 483 g/mol. The molecule has 3 rings (SSSR count). The lowest BCUT2D eigenvalue weighted by Gasteiger charge is -2.45. The van der Waals surface area contributed by atoms with Gasteiger partial charge >= 0.3 is 6.09 Å². The van der Waals surface area contributed by atoms with Crippen molar-refractivity contribution in [2.45, 2.75) is 78.6 Å². The Hall–Kier alpha value is -1.11. The molecular formula is C24H40BrN3O2. The van der Waals surface area contributed by atoms with Crippen molar-refractivity contribution in [3.63, 3.8) is 0 Å². The summed E-state index contributed by atoms with van der Waals surface area (Å²) in [5, 5.41) is 0. The zero-order chi connectivity index (χ0) is 22.3. The third-order valence-corrected chi connectivity index (χ3v) is 6.25. The average Bonchev–Trinajstić information content (AvgIpc) is 2.70. The van der Waals surface area contributed by atoms with Crippen LogP contribution >= 0.6 is 15.9 Å². The number of carbonyl (C=O) groups excluding carboxylic acids is 1. The third kappa shape index (κ3) is 7.54. The summed E-state index contributed by atoms with van der Waals surface area (Å²) in [7, 11) is 0. The molecule has 0 N–H and O–H groups in total. The predicted octanol–water partition coefficient (Wildman–Crippen LogP) is 5.38. The molecule has 0 bridgehead atoms. The first kappa shape index (κ1) is 25.2. The maximum Gasteiger partial charge on any atom is 0.410 e. The predicted molar refractivity (Wildman–Crippen MR) is 128 cm³/mol. The molecule has 1 aromatic carbocycles. The van der Waals surface area contributed by atoms with Crippen LogP contribution in [0.4, 0.5) is 4.79 Å². The van der Waals surface area contributed by atoms with Crippen LogP contribution in [0, 0.1) is 0 Å². The first-order valence-corrected chi connectivity index (χ1v) is 12.2. The molecule has 2 aliphatic rings. The second kappa shape index (κ2) is 11.5. The molecule has 2 heterocycles. The molecule has 30 heavy (non-hydrogen) atoms. The minimum absolute atomic E-state index is 0.169. The molecule has 0 aromatic heterocycles. The fourth-order valence-corrected chi connectivity index (χ4v) is 4.47. The summed E-state index contributed by atoms with van der Waals surface area (Å²) in [4.78, 5) is 19.5. The van der Waals surface area contributed by atoms with Gasteiger partial charge in [-0.3, -0.25) is 9.80 Å². The number of halogens is 1. The van der Waals surface area contributed by atoms with E-state index < -0.39 is 5.60 Å². The van der Waals surface area contributed by atoms with Crippen LogP contribution < -0.4 is 0 Å². The molecule has 2 saturated heterocycles. The molecule has 0 spiro atoms. The first-order chi connectivity index (χ1) is 14.2. The van der Waals surface area contributed by atoms with E-state index in [0.29, 0.717) is 6.04 Å². The van der Waals surface area contributed by atoms with Gasteiger partial charge in [0, 0.05) is 55.8 Å². The summed E-state index contributed by atoms with van der Waals surface area (Å²) in [6, 6.07) is 9.43. The van der Waals surface area contributed by atoms with Crippen molar-refractivity contribution in [1.29, 1.82) is 0 Å². The first-order valence-electron chi connectivity index (χ1n) is 11.4. The lowest BCUT2D eigenvalue weighted by atomic mass is 9.96. The van der Waals surface area contributed by atoms with E-state index in [4.69, 9.17) is 4.74 Å². The zero-order valence-electron chi connectivity index (χ0n) is 19.7. The van der Waals surface area contributed by atoms with E-state index in [0.717, 1.165) is 56.6 Å². The van der Waals surface area contributed by atoms with Gasteiger partial charge in [-0.15, -0.1) is 0 Å². The number of amides is 1. The lowest BCUT2D eigenvalue weighted by Crippen LogP contribution is -2.56. The van der Waals surface area contributed by atoms with Crippen LogP contribution in [0.3, 0.4) is 0 Å². The molecule has 170 valence electrons. The Bertz CT molecular complexity index is 651. The topological polar surface area (TPSA) is 36.0 Å². The number of hydrogen-bond acceptors (Lipinski definition) is 4. The number of benzene rings is 1. The van der Waals surface area contributed by atoms with Gasteiger partial charge in [-0.05, 0) is 58.2 Å². The Kier molecular flexibility index (Phi) is 9.64. The maximum absolute atomic E-state index is 12.4. The van der Waals surface area contributed by atoms with Gasteiger partial charge in [-0.1, -0.05) is 41.9 Å². The highest BCUT2D eigenvalue weighted by Gasteiger charge is 2.34. The van der Waals surface area contributed by atoms with Crippen LogP contribution in [0.5, 0.6) is 0 Å². The standard InChI is InChI=1S/C22H34BrN3O2.C2H6/c1-17-15-20(9-10-26(17)21(27)28-22(2,3)4)25-13-11-24(12-14-25)16-18-5-7-19(23)8-6-18;1-2/h5-8,17,20H,9-16H2,1-4H3;1-2H3. The highest BCUT2D eigenvalue weighted by atomic mass is 79.9. The summed E-state index contributed by atoms with van der Waals surface area (Å²) < 4.78 is 6.70. The number of piperidine rings is 1. The van der Waals surface area contributed by atoms with Gasteiger partial charge in [0.1, 0.15) is 5.60 Å². The van der Waals surface area contributed by atoms with Crippen LogP contribution in [0.25, 0.3) is 0 Å². The molecule has 1 amide bonds. The minimum Gasteiger partial charge on any atom is -0.444 e. The molecule has 1 aromatic rings. The van der Waals surface area contributed by atoms with E-state index in [1.165, 1.54) is 5.56 Å². The van der Waals surface area contributed by atoms with Gasteiger partial charge in [0.05, 0.1) is 0 Å². The molecule has 6 heteroatoms. The fourth-order valence-electron chi connectivity index (χ4n) is 4.21.